The summed E-state index contributed by atoms with van der Waals surface area (Å²) in [6.45, 7) is 1.65. The van der Waals surface area contributed by atoms with E-state index in [9.17, 15) is 33.2 Å². The molecule has 2 aromatic carbocycles. The number of nitro benzene ring substituents is 2. The molecule has 0 aliphatic rings. The van der Waals surface area contributed by atoms with Gasteiger partial charge < -0.3 is 4.55 Å². The van der Waals surface area contributed by atoms with E-state index in [1.807, 2.05) is 0 Å². The number of nitro groups is 2. The van der Waals surface area contributed by atoms with Crippen molar-refractivity contribution in [3.05, 3.63) is 75.9 Å². The molecule has 140 valence electrons. The molecule has 0 aliphatic carbocycles. The molecule has 0 spiro atoms. The Morgan fingerprint density at radius 3 is 1.62 bits per heavy atom. The Kier molecular flexibility index (Phi) is 8.54. The number of benzene rings is 2. The Hall–Kier alpha value is -2.12. The molecule has 2 aromatic rings. The summed E-state index contributed by atoms with van der Waals surface area (Å²) in [6, 6.07) is 12.8. The van der Waals surface area contributed by atoms with Crippen LogP contribution < -0.4 is 21.2 Å². The van der Waals surface area contributed by atoms with E-state index in [1.54, 1.807) is 31.2 Å². The van der Waals surface area contributed by atoms with Gasteiger partial charge in [0.05, 0.1) is 32.1 Å². The predicted molar refractivity (Wildman–Crippen MR) is 88.4 cm³/mol. The molecule has 0 aliphatic heterocycles. The molecule has 9 nitrogen and oxygen atoms in total. The average molecular weight is 494 g/mol. The second-order valence-corrected chi connectivity index (χ2v) is 9.38. The molecular weight excluding hydrogens is 479 g/mol. The Bertz CT molecular complexity index is 832. The van der Waals surface area contributed by atoms with Gasteiger partial charge in [-0.15, -0.1) is 0 Å². The van der Waals surface area contributed by atoms with E-state index in [0.717, 1.165) is 7.14 Å². The zero-order valence-electron chi connectivity index (χ0n) is 13.6. The van der Waals surface area contributed by atoms with E-state index >= 15 is 0 Å². The van der Waals surface area contributed by atoms with Crippen LogP contribution in [0.15, 0.2) is 48.5 Å². The van der Waals surface area contributed by atoms with Gasteiger partial charge in [-0.1, -0.05) is 19.1 Å². The zero-order chi connectivity index (χ0) is 19.7. The van der Waals surface area contributed by atoms with Crippen LogP contribution in [-0.2, 0) is 10.1 Å². The standard InChI is InChI=1S/C12H8IN2O4.C3H8O3S/c16-14(17)11-5-1-3-9(7-11)13-10-4-2-6-12(8-10)15(18)19;1-2-3-7(4,5)6/h1-8H;2-3H2,1H3,(H,4,5,6)/q+1;/p-1. The van der Waals surface area contributed by atoms with E-state index in [0.29, 0.717) is 6.42 Å². The van der Waals surface area contributed by atoms with Crippen LogP contribution in [0.2, 0.25) is 0 Å². The highest BCUT2D eigenvalue weighted by Gasteiger charge is 2.21. The molecule has 0 aromatic heterocycles. The van der Waals surface area contributed by atoms with Crippen molar-refractivity contribution in [1.82, 2.24) is 0 Å². The van der Waals surface area contributed by atoms with Gasteiger partial charge in [0, 0.05) is 17.9 Å². The van der Waals surface area contributed by atoms with E-state index in [1.165, 1.54) is 24.3 Å². The minimum atomic E-state index is -3.92. The van der Waals surface area contributed by atoms with Crippen LogP contribution in [0.25, 0.3) is 0 Å². The Balaban J connectivity index is 0.000000412. The first-order chi connectivity index (χ1) is 12.1. The van der Waals surface area contributed by atoms with Crippen LogP contribution in [0, 0.1) is 27.4 Å². The van der Waals surface area contributed by atoms with Crippen molar-refractivity contribution >= 4 is 21.5 Å². The van der Waals surface area contributed by atoms with E-state index in [4.69, 9.17) is 0 Å². The molecule has 0 amide bonds. The van der Waals surface area contributed by atoms with Gasteiger partial charge >= 0.3 is 21.2 Å². The van der Waals surface area contributed by atoms with E-state index in [2.05, 4.69) is 0 Å². The first-order valence-corrected chi connectivity index (χ1v) is 10.9. The lowest BCUT2D eigenvalue weighted by atomic mass is 10.3. The zero-order valence-corrected chi connectivity index (χ0v) is 16.5. The lowest BCUT2D eigenvalue weighted by molar-refractivity contribution is -0.598. The Labute approximate surface area is 160 Å². The number of nitrogens with zero attached hydrogens (tertiary/aromatic N) is 2. The lowest BCUT2D eigenvalue weighted by Gasteiger charge is -2.00. The highest BCUT2D eigenvalue weighted by atomic mass is 127. The summed E-state index contributed by atoms with van der Waals surface area (Å²) in [7, 11) is -3.92. The fourth-order valence-corrected chi connectivity index (χ4v) is 4.62. The number of non-ortho nitro benzene ring substituents is 2. The minimum Gasteiger partial charge on any atom is -0.748 e. The molecule has 0 radical (unpaired) electrons. The lowest BCUT2D eigenvalue weighted by Crippen LogP contribution is -3.61. The molecule has 0 saturated carbocycles. The number of hydrogen-bond acceptors (Lipinski definition) is 7. The molecule has 0 bridgehead atoms. The van der Waals surface area contributed by atoms with Crippen molar-refractivity contribution in [1.29, 1.82) is 0 Å². The molecule has 0 N–H and O–H groups in total. The normalized spacial score (nSPS) is 10.5. The van der Waals surface area contributed by atoms with Crippen molar-refractivity contribution in [2.45, 2.75) is 13.3 Å². The van der Waals surface area contributed by atoms with Gasteiger partial charge in [0.15, 0.2) is 0 Å². The third-order valence-corrected chi connectivity index (χ3v) is 6.21. The molecule has 2 rings (SSSR count). The molecule has 0 atom stereocenters. The first kappa shape index (κ1) is 21.9. The van der Waals surface area contributed by atoms with Crippen molar-refractivity contribution in [3.8, 4) is 0 Å². The van der Waals surface area contributed by atoms with Crippen LogP contribution in [0.5, 0.6) is 0 Å². The number of hydrogen-bond donors (Lipinski definition) is 0. The third kappa shape index (κ3) is 8.31. The van der Waals surface area contributed by atoms with Gasteiger partial charge in [-0.2, -0.15) is 0 Å². The quantitative estimate of drug-likeness (QED) is 0.230. The van der Waals surface area contributed by atoms with Crippen LogP contribution in [0.1, 0.15) is 13.3 Å². The number of rotatable bonds is 6. The minimum absolute atomic E-state index is 0.0441. The predicted octanol–water partition coefficient (Wildman–Crippen LogP) is -0.427. The van der Waals surface area contributed by atoms with Gasteiger partial charge in [-0.25, -0.2) is 8.42 Å². The van der Waals surface area contributed by atoms with E-state index < -0.39 is 41.2 Å². The fourth-order valence-electron chi connectivity index (χ4n) is 1.67. The van der Waals surface area contributed by atoms with Gasteiger partial charge in [-0.05, 0) is 18.6 Å². The average Bonchev–Trinajstić information content (AvgIpc) is 2.55. The van der Waals surface area contributed by atoms with Gasteiger partial charge in [0.1, 0.15) is 0 Å². The summed E-state index contributed by atoms with van der Waals surface area (Å²) >= 11 is -0.665. The first-order valence-electron chi connectivity index (χ1n) is 7.19. The molecule has 0 heterocycles. The third-order valence-electron chi connectivity index (χ3n) is 2.71. The van der Waals surface area contributed by atoms with Crippen molar-refractivity contribution in [3.63, 3.8) is 0 Å². The largest absolute Gasteiger partial charge is 0.748 e. The van der Waals surface area contributed by atoms with Crippen LogP contribution in [0.4, 0.5) is 11.4 Å². The summed E-state index contributed by atoms with van der Waals surface area (Å²) < 4.78 is 30.7. The van der Waals surface area contributed by atoms with Gasteiger partial charge in [-0.3, -0.25) is 20.2 Å². The highest BCUT2D eigenvalue weighted by Crippen LogP contribution is 2.09. The maximum absolute atomic E-state index is 10.7. The topological polar surface area (TPSA) is 143 Å². The number of halogens is 1. The summed E-state index contributed by atoms with van der Waals surface area (Å²) in [4.78, 5) is 20.5. The molecule has 11 heteroatoms. The van der Waals surface area contributed by atoms with Gasteiger partial charge in [0.25, 0.3) is 11.4 Å². The molecule has 0 fully saturated rings. The molecule has 0 unspecified atom stereocenters. The summed E-state index contributed by atoms with van der Waals surface area (Å²) in [5.74, 6) is -0.243. The van der Waals surface area contributed by atoms with E-state index in [-0.39, 0.29) is 17.1 Å². The Morgan fingerprint density at radius 1 is 0.923 bits per heavy atom. The van der Waals surface area contributed by atoms with Gasteiger partial charge in [0.2, 0.25) is 7.14 Å². The van der Waals surface area contributed by atoms with Crippen LogP contribution >= 0.6 is 0 Å². The Morgan fingerprint density at radius 2 is 1.35 bits per heavy atom. The van der Waals surface area contributed by atoms with Crippen LogP contribution in [-0.4, -0.2) is 28.6 Å². The SMILES string of the molecule is CCCS(=O)(=O)[O-].O=[N+]([O-])c1cccc([I+]c2cccc([N+](=O)[O-])c2)c1. The fraction of sp³-hybridized carbons (Fsp3) is 0.200. The maximum Gasteiger partial charge on any atom is 0.358 e. The highest BCUT2D eigenvalue weighted by molar-refractivity contribution is 7.85. The summed E-state index contributed by atoms with van der Waals surface area (Å²) in [5, 5.41) is 21.4. The summed E-state index contributed by atoms with van der Waals surface area (Å²) in [6.07, 6.45) is 0.409. The van der Waals surface area contributed by atoms with Crippen LogP contribution in [0.3, 0.4) is 0 Å². The molecule has 26 heavy (non-hydrogen) atoms. The van der Waals surface area contributed by atoms with Crippen molar-refractivity contribution < 1.29 is 44.0 Å². The molecule has 0 saturated heterocycles. The molecular formula is C15H15IN2O7S. The monoisotopic (exact) mass is 494 g/mol. The summed E-state index contributed by atoms with van der Waals surface area (Å²) in [5.41, 5.74) is 0.0882. The maximum atomic E-state index is 10.7. The van der Waals surface area contributed by atoms with Crippen molar-refractivity contribution in [2.75, 3.05) is 5.75 Å². The van der Waals surface area contributed by atoms with Crippen molar-refractivity contribution in [2.24, 2.45) is 0 Å². The second-order valence-electron chi connectivity index (χ2n) is 4.83. The smallest absolute Gasteiger partial charge is 0.358 e. The second kappa shape index (κ2) is 10.1.